The quantitative estimate of drug-likeness (QED) is 0.230. The van der Waals surface area contributed by atoms with E-state index >= 15 is 8.78 Å². The Morgan fingerprint density at radius 2 is 1.98 bits per heavy atom. The lowest BCUT2D eigenvalue weighted by molar-refractivity contribution is 0.0748. The minimum absolute atomic E-state index is 0.00892. The molecule has 4 atom stereocenters. The number of aromatic hydroxyl groups is 1. The molecular formula is C39H45F2N7O5. The number of phenols is 1. The Labute approximate surface area is 306 Å². The summed E-state index contributed by atoms with van der Waals surface area (Å²) in [4.78, 5) is 32.6. The van der Waals surface area contributed by atoms with Gasteiger partial charge in [-0.25, -0.2) is 18.6 Å². The molecule has 0 radical (unpaired) electrons. The van der Waals surface area contributed by atoms with E-state index in [2.05, 4.69) is 15.1 Å². The second-order valence-corrected chi connectivity index (χ2v) is 15.7. The van der Waals surface area contributed by atoms with E-state index in [4.69, 9.17) is 29.2 Å². The smallest absolute Gasteiger partial charge is 0.409 e. The van der Waals surface area contributed by atoms with Gasteiger partial charge in [-0.15, -0.1) is 0 Å². The number of phenolic OH excluding ortho intramolecular Hbond substituents is 1. The van der Waals surface area contributed by atoms with Crippen LogP contribution < -0.4 is 19.7 Å². The molecule has 2 aromatic carbocycles. The van der Waals surface area contributed by atoms with Crippen molar-refractivity contribution in [2.45, 2.75) is 76.0 Å². The largest absolute Gasteiger partial charge is 0.508 e. The average Bonchev–Trinajstić information content (AvgIpc) is 3.65. The molecule has 2 aromatic heterocycles. The van der Waals surface area contributed by atoms with Crippen molar-refractivity contribution >= 4 is 33.6 Å². The zero-order valence-electron chi connectivity index (χ0n) is 30.3. The summed E-state index contributed by atoms with van der Waals surface area (Å²) in [6, 6.07) is 6.52. The number of aromatic nitrogens is 3. The maximum absolute atomic E-state index is 17.2. The zero-order chi connectivity index (χ0) is 36.6. The van der Waals surface area contributed by atoms with Gasteiger partial charge < -0.3 is 34.4 Å². The minimum atomic E-state index is -0.719. The average molecular weight is 730 g/mol. The molecule has 0 spiro atoms. The first-order valence-electron chi connectivity index (χ1n) is 18.8. The van der Waals surface area contributed by atoms with Gasteiger partial charge >= 0.3 is 12.1 Å². The fourth-order valence-electron chi connectivity index (χ4n) is 8.95. The first-order chi connectivity index (χ1) is 25.6. The number of halogens is 2. The monoisotopic (exact) mass is 729 g/mol. The van der Waals surface area contributed by atoms with Crippen LogP contribution in [0.5, 0.6) is 17.6 Å². The van der Waals surface area contributed by atoms with Crippen LogP contribution in [0.2, 0.25) is 0 Å². The van der Waals surface area contributed by atoms with E-state index in [9.17, 15) is 9.90 Å². The molecule has 280 valence electrons. The second kappa shape index (κ2) is 13.1. The number of nitrogens with one attached hydrogen (secondary N) is 1. The highest BCUT2D eigenvalue weighted by Crippen LogP contribution is 2.49. The Kier molecular flexibility index (Phi) is 8.45. The number of carbonyl (C=O) groups is 1. The summed E-state index contributed by atoms with van der Waals surface area (Å²) in [6.45, 7) is 5.24. The summed E-state index contributed by atoms with van der Waals surface area (Å²) in [7, 11) is 3.36. The highest BCUT2D eigenvalue weighted by molar-refractivity contribution is 6.03. The molecule has 4 aromatic rings. The van der Waals surface area contributed by atoms with Gasteiger partial charge in [-0.3, -0.25) is 4.90 Å². The van der Waals surface area contributed by atoms with Crippen LogP contribution in [0.4, 0.5) is 19.4 Å². The molecule has 1 saturated carbocycles. The SMILES string of the molecule is CCc1c(F)ccc2cc(O)cc(-c3nc4c5c(nc(OCC6(CN7CCC[C@H]7COC(=O)N(C)C)CC6)nc5c3F)N3C[C@@H]5CC[C@@H](N5)[C@H]3CO4)c12. The number of hydrogen-bond acceptors (Lipinski definition) is 11. The number of aryl methyl sites for hydroxylation is 1. The van der Waals surface area contributed by atoms with Crippen LogP contribution in [0.25, 0.3) is 32.9 Å². The molecule has 12 nitrogen and oxygen atoms in total. The van der Waals surface area contributed by atoms with E-state index < -0.39 is 11.6 Å². The van der Waals surface area contributed by atoms with Crippen molar-refractivity contribution in [2.75, 3.05) is 58.5 Å². The van der Waals surface area contributed by atoms with Crippen molar-refractivity contribution < 1.29 is 32.9 Å². The Hall–Kier alpha value is -4.56. The maximum atomic E-state index is 17.2. The molecule has 3 saturated heterocycles. The van der Waals surface area contributed by atoms with Crippen LogP contribution in [0.15, 0.2) is 24.3 Å². The summed E-state index contributed by atoms with van der Waals surface area (Å²) in [6.07, 6.45) is 5.97. The number of rotatable bonds is 9. The second-order valence-electron chi connectivity index (χ2n) is 15.7. The number of hydrogen-bond donors (Lipinski definition) is 2. The maximum Gasteiger partial charge on any atom is 0.409 e. The van der Waals surface area contributed by atoms with E-state index in [-0.39, 0.29) is 70.1 Å². The Bertz CT molecular complexity index is 2110. The Morgan fingerprint density at radius 1 is 1.13 bits per heavy atom. The van der Waals surface area contributed by atoms with Crippen LogP contribution in [0.1, 0.15) is 51.0 Å². The third-order valence-corrected chi connectivity index (χ3v) is 12.0. The molecule has 4 aliphatic heterocycles. The lowest BCUT2D eigenvalue weighted by Crippen LogP contribution is -2.60. The number of likely N-dealkylation sites (tertiary alicyclic amines) is 1. The van der Waals surface area contributed by atoms with E-state index in [0.29, 0.717) is 60.3 Å². The zero-order valence-corrected chi connectivity index (χ0v) is 30.3. The number of fused-ring (bicyclic) bond motifs is 6. The van der Waals surface area contributed by atoms with Crippen LogP contribution in [-0.4, -0.2) is 114 Å². The molecule has 0 unspecified atom stereocenters. The minimum Gasteiger partial charge on any atom is -0.508 e. The summed E-state index contributed by atoms with van der Waals surface area (Å²) in [5.41, 5.74) is 0.471. The predicted octanol–water partition coefficient (Wildman–Crippen LogP) is 5.41. The van der Waals surface area contributed by atoms with Gasteiger partial charge in [-0.05, 0) is 86.0 Å². The summed E-state index contributed by atoms with van der Waals surface area (Å²) in [5.74, 6) is -0.489. The molecule has 9 rings (SSSR count). The third kappa shape index (κ3) is 6.03. The summed E-state index contributed by atoms with van der Waals surface area (Å²) < 4.78 is 50.8. The van der Waals surface area contributed by atoms with Gasteiger partial charge in [0.1, 0.15) is 47.2 Å². The van der Waals surface area contributed by atoms with Crippen molar-refractivity contribution in [1.82, 2.24) is 30.1 Å². The van der Waals surface area contributed by atoms with Gasteiger partial charge in [-0.2, -0.15) is 9.97 Å². The number of benzene rings is 2. The molecule has 1 amide bonds. The van der Waals surface area contributed by atoms with Crippen LogP contribution in [0.3, 0.4) is 0 Å². The lowest BCUT2D eigenvalue weighted by Gasteiger charge is -2.40. The highest BCUT2D eigenvalue weighted by Gasteiger charge is 2.48. The van der Waals surface area contributed by atoms with Gasteiger partial charge in [-0.1, -0.05) is 13.0 Å². The Morgan fingerprint density at radius 3 is 2.77 bits per heavy atom. The summed E-state index contributed by atoms with van der Waals surface area (Å²) >= 11 is 0. The standard InChI is InChI=1S/C39H45F2N7O5/c1-4-25-27(40)9-7-21-14-24(49)15-26(30(21)25)33-32(41)34-31-35(48-16-22-8-10-28(42-22)29(48)18-51-36(31)43-33)45-37(44-34)53-20-39(11-12-39)19-47-13-5-6-23(47)17-52-38(50)46(2)3/h7,9,14-15,22-23,28-29,42,49H,4-6,8,10-13,16-20H2,1-3H3/t22-,23-,28+,29+/m0/s1. The van der Waals surface area contributed by atoms with E-state index in [1.807, 2.05) is 6.92 Å². The fraction of sp³-hybridized carbons (Fsp3) is 0.538. The predicted molar refractivity (Wildman–Crippen MR) is 195 cm³/mol. The van der Waals surface area contributed by atoms with E-state index in [1.165, 1.54) is 17.0 Å². The molecule has 2 N–H and O–H groups in total. The molecule has 1 aliphatic carbocycles. The molecule has 6 heterocycles. The van der Waals surface area contributed by atoms with Crippen molar-refractivity contribution in [3.8, 4) is 28.9 Å². The number of nitrogens with zero attached hydrogens (tertiary/aromatic N) is 6. The number of pyridine rings is 1. The first-order valence-corrected chi connectivity index (χ1v) is 18.8. The number of anilines is 1. The van der Waals surface area contributed by atoms with Crippen molar-refractivity contribution in [1.29, 1.82) is 0 Å². The summed E-state index contributed by atoms with van der Waals surface area (Å²) in [5, 5.41) is 15.9. The van der Waals surface area contributed by atoms with Crippen LogP contribution in [-0.2, 0) is 11.2 Å². The van der Waals surface area contributed by atoms with Gasteiger partial charge in [0.05, 0.1) is 12.6 Å². The number of ether oxygens (including phenoxy) is 3. The van der Waals surface area contributed by atoms with E-state index in [0.717, 1.165) is 51.6 Å². The number of piperazine rings is 1. The van der Waals surface area contributed by atoms with E-state index in [1.54, 1.807) is 26.2 Å². The van der Waals surface area contributed by atoms with Gasteiger partial charge in [0.15, 0.2) is 5.82 Å². The normalized spacial score (nSPS) is 24.2. The lowest BCUT2D eigenvalue weighted by atomic mass is 9.94. The number of amides is 1. The first kappa shape index (κ1) is 34.2. The third-order valence-electron chi connectivity index (χ3n) is 12.0. The van der Waals surface area contributed by atoms with Crippen LogP contribution >= 0.6 is 0 Å². The molecule has 4 fully saturated rings. The highest BCUT2D eigenvalue weighted by atomic mass is 19.1. The molecule has 53 heavy (non-hydrogen) atoms. The fourth-order valence-corrected chi connectivity index (χ4v) is 8.95. The van der Waals surface area contributed by atoms with Gasteiger partial charge in [0.25, 0.3) is 0 Å². The van der Waals surface area contributed by atoms with Crippen molar-refractivity contribution in [3.05, 3.63) is 41.5 Å². The molecule has 2 bridgehead atoms. The molecule has 14 heteroatoms. The molecule has 5 aliphatic rings. The topological polar surface area (TPSA) is 125 Å². The van der Waals surface area contributed by atoms with Crippen molar-refractivity contribution in [2.24, 2.45) is 5.41 Å². The molecular weight excluding hydrogens is 684 g/mol. The Balaban J connectivity index is 1.10. The van der Waals surface area contributed by atoms with Crippen LogP contribution in [0, 0.1) is 17.0 Å². The number of carbonyl (C=O) groups excluding carboxylic acids is 1. The van der Waals surface area contributed by atoms with Gasteiger partial charge in [0, 0.05) is 56.3 Å². The van der Waals surface area contributed by atoms with Gasteiger partial charge in [0.2, 0.25) is 5.88 Å². The van der Waals surface area contributed by atoms with Crippen molar-refractivity contribution in [3.63, 3.8) is 0 Å².